The second-order valence-corrected chi connectivity index (χ2v) is 9.34. The smallest absolute Gasteiger partial charge is 0.244 e. The molecule has 0 N–H and O–H groups in total. The van der Waals surface area contributed by atoms with E-state index >= 15 is 0 Å². The second-order valence-electron chi connectivity index (χ2n) is 9.34. The average molecular weight is 424 g/mol. The number of hydrogen-bond donors (Lipinski definition) is 0. The fourth-order valence-corrected chi connectivity index (χ4v) is 5.47. The van der Waals surface area contributed by atoms with E-state index in [0.29, 0.717) is 18.5 Å². The highest BCUT2D eigenvalue weighted by atomic mass is 16.5. The number of carbonyl (C=O) groups is 1. The predicted molar refractivity (Wildman–Crippen MR) is 118 cm³/mol. The lowest BCUT2D eigenvalue weighted by molar-refractivity contribution is -0.134. The lowest BCUT2D eigenvalue weighted by Crippen LogP contribution is -2.46. The molecule has 2 aromatic rings. The third-order valence-electron chi connectivity index (χ3n) is 7.24. The molecule has 7 nitrogen and oxygen atoms in total. The first kappa shape index (κ1) is 20.6. The number of amides is 1. The maximum absolute atomic E-state index is 13.0. The molecular weight excluding hydrogens is 390 g/mol. The van der Waals surface area contributed by atoms with Crippen LogP contribution in [0.15, 0.2) is 36.9 Å². The molecule has 166 valence electrons. The molecule has 1 atom stereocenters. The van der Waals surface area contributed by atoms with Crippen molar-refractivity contribution in [2.45, 2.75) is 57.2 Å². The minimum Gasteiger partial charge on any atom is -0.376 e. The number of aromatic nitrogens is 3. The van der Waals surface area contributed by atoms with E-state index in [-0.39, 0.29) is 18.6 Å². The van der Waals surface area contributed by atoms with E-state index in [1.807, 2.05) is 4.90 Å². The summed E-state index contributed by atoms with van der Waals surface area (Å²) in [6.07, 6.45) is 10.1. The van der Waals surface area contributed by atoms with E-state index < -0.39 is 0 Å². The van der Waals surface area contributed by atoms with Gasteiger partial charge in [-0.05, 0) is 68.7 Å². The number of fused-ring (bicyclic) bond motifs is 1. The summed E-state index contributed by atoms with van der Waals surface area (Å²) in [6, 6.07) is 9.53. The summed E-state index contributed by atoms with van der Waals surface area (Å²) in [7, 11) is 0. The van der Waals surface area contributed by atoms with Gasteiger partial charge < -0.3 is 9.64 Å². The Morgan fingerprint density at radius 1 is 1.10 bits per heavy atom. The molecule has 2 fully saturated rings. The van der Waals surface area contributed by atoms with Crippen LogP contribution in [0.2, 0.25) is 0 Å². The quantitative estimate of drug-likeness (QED) is 0.683. The van der Waals surface area contributed by atoms with Crippen molar-refractivity contribution in [2.24, 2.45) is 5.92 Å². The third-order valence-corrected chi connectivity index (χ3v) is 7.24. The van der Waals surface area contributed by atoms with Crippen LogP contribution < -0.4 is 0 Å². The molecule has 0 saturated carbocycles. The fraction of sp³-hybridized carbons (Fsp3) is 0.625. The highest BCUT2D eigenvalue weighted by molar-refractivity contribution is 5.75. The summed E-state index contributed by atoms with van der Waals surface area (Å²) in [5, 5.41) is 4.11. The van der Waals surface area contributed by atoms with Gasteiger partial charge in [-0.15, -0.1) is 0 Å². The number of nitrogens with zero attached hydrogens (tertiary/aromatic N) is 5. The molecule has 3 heterocycles. The molecule has 7 heteroatoms. The Bertz CT molecular complexity index is 832. The van der Waals surface area contributed by atoms with Gasteiger partial charge in [-0.3, -0.25) is 9.69 Å². The van der Waals surface area contributed by atoms with Crippen LogP contribution in [0.4, 0.5) is 0 Å². The molecule has 3 aliphatic rings. The molecular formula is C24H33N5O2. The number of hydrogen-bond acceptors (Lipinski definition) is 5. The number of rotatable bonds is 7. The van der Waals surface area contributed by atoms with Gasteiger partial charge in [-0.25, -0.2) is 9.67 Å². The first-order valence-corrected chi connectivity index (χ1v) is 11.8. The van der Waals surface area contributed by atoms with Crippen LogP contribution in [-0.2, 0) is 28.9 Å². The van der Waals surface area contributed by atoms with Gasteiger partial charge in [-0.1, -0.05) is 24.3 Å². The van der Waals surface area contributed by atoms with Gasteiger partial charge in [0.1, 0.15) is 19.2 Å². The minimum absolute atomic E-state index is 0.120. The van der Waals surface area contributed by atoms with Crippen molar-refractivity contribution in [3.8, 4) is 0 Å². The minimum atomic E-state index is 0.120. The van der Waals surface area contributed by atoms with E-state index in [9.17, 15) is 4.79 Å². The van der Waals surface area contributed by atoms with Crippen LogP contribution in [0.25, 0.3) is 0 Å². The summed E-state index contributed by atoms with van der Waals surface area (Å²) >= 11 is 0. The molecule has 1 aromatic carbocycles. The number of benzene rings is 1. The molecule has 1 aliphatic carbocycles. The van der Waals surface area contributed by atoms with Crippen LogP contribution in [0.1, 0.15) is 36.8 Å². The van der Waals surface area contributed by atoms with Crippen LogP contribution in [-0.4, -0.2) is 75.4 Å². The molecule has 1 aromatic heterocycles. The van der Waals surface area contributed by atoms with Crippen molar-refractivity contribution in [3.63, 3.8) is 0 Å². The Kier molecular flexibility index (Phi) is 6.32. The molecule has 5 rings (SSSR count). The van der Waals surface area contributed by atoms with Gasteiger partial charge in [0.05, 0.1) is 6.10 Å². The number of likely N-dealkylation sites (tertiary alicyclic amines) is 1. The second kappa shape index (κ2) is 9.49. The van der Waals surface area contributed by atoms with E-state index in [4.69, 9.17) is 4.74 Å². The van der Waals surface area contributed by atoms with Gasteiger partial charge in [0, 0.05) is 25.7 Å². The van der Waals surface area contributed by atoms with E-state index in [1.165, 1.54) is 30.3 Å². The lowest BCUT2D eigenvalue weighted by atomic mass is 9.94. The zero-order valence-corrected chi connectivity index (χ0v) is 18.2. The molecule has 31 heavy (non-hydrogen) atoms. The third kappa shape index (κ3) is 4.99. The highest BCUT2D eigenvalue weighted by Crippen LogP contribution is 2.29. The maximum atomic E-state index is 13.0. The topological polar surface area (TPSA) is 63.5 Å². The van der Waals surface area contributed by atoms with Gasteiger partial charge in [0.25, 0.3) is 0 Å². The highest BCUT2D eigenvalue weighted by Gasteiger charge is 2.31. The standard InChI is InChI=1S/C24H33N5O2/c30-24(16-29-18-25-17-26-29)28(15-23-6-3-11-31-23)14-19-7-9-27(10-8-19)22-12-20-4-1-2-5-21(20)13-22/h1-2,4-5,17-19,22-23H,3,6-16H2. The van der Waals surface area contributed by atoms with Crippen LogP contribution >= 0.6 is 0 Å². The molecule has 0 bridgehead atoms. The SMILES string of the molecule is O=C(Cn1cncn1)N(CC1CCN(C2Cc3ccccc3C2)CC1)CC1CCCO1. The van der Waals surface area contributed by atoms with E-state index in [1.54, 1.807) is 11.0 Å². The molecule has 1 amide bonds. The van der Waals surface area contributed by atoms with Crippen molar-refractivity contribution in [1.29, 1.82) is 0 Å². The maximum Gasteiger partial charge on any atom is 0.244 e. The van der Waals surface area contributed by atoms with Crippen molar-refractivity contribution < 1.29 is 9.53 Å². The largest absolute Gasteiger partial charge is 0.376 e. The molecule has 2 aliphatic heterocycles. The van der Waals surface area contributed by atoms with E-state index in [2.05, 4.69) is 39.2 Å². The summed E-state index contributed by atoms with van der Waals surface area (Å²) < 4.78 is 7.45. The average Bonchev–Trinajstić information content (AvgIpc) is 3.55. The van der Waals surface area contributed by atoms with Crippen molar-refractivity contribution in [3.05, 3.63) is 48.0 Å². The monoisotopic (exact) mass is 423 g/mol. The summed E-state index contributed by atoms with van der Waals surface area (Å²) in [5.74, 6) is 0.677. The first-order chi connectivity index (χ1) is 15.2. The molecule has 0 spiro atoms. The normalized spacial score (nSPS) is 22.6. The van der Waals surface area contributed by atoms with Crippen molar-refractivity contribution in [2.75, 3.05) is 32.8 Å². The lowest BCUT2D eigenvalue weighted by Gasteiger charge is -2.38. The predicted octanol–water partition coefficient (Wildman–Crippen LogP) is 2.17. The van der Waals surface area contributed by atoms with Crippen LogP contribution in [0.5, 0.6) is 0 Å². The van der Waals surface area contributed by atoms with Crippen LogP contribution in [0, 0.1) is 5.92 Å². The number of ether oxygens (including phenoxy) is 1. The Morgan fingerprint density at radius 2 is 1.87 bits per heavy atom. The van der Waals surface area contributed by atoms with Gasteiger partial charge in [-0.2, -0.15) is 5.10 Å². The zero-order chi connectivity index (χ0) is 21.0. The van der Waals surface area contributed by atoms with Crippen LogP contribution in [0.3, 0.4) is 0 Å². The van der Waals surface area contributed by atoms with Gasteiger partial charge in [0.15, 0.2) is 0 Å². The Hall–Kier alpha value is -2.25. The van der Waals surface area contributed by atoms with Gasteiger partial charge in [0.2, 0.25) is 5.91 Å². The number of piperidine rings is 1. The zero-order valence-electron chi connectivity index (χ0n) is 18.2. The van der Waals surface area contributed by atoms with Gasteiger partial charge >= 0.3 is 0 Å². The molecule has 1 unspecified atom stereocenters. The van der Waals surface area contributed by atoms with Crippen molar-refractivity contribution >= 4 is 5.91 Å². The van der Waals surface area contributed by atoms with Crippen molar-refractivity contribution in [1.82, 2.24) is 24.6 Å². The van der Waals surface area contributed by atoms with E-state index in [0.717, 1.165) is 51.9 Å². The Labute approximate surface area is 184 Å². The summed E-state index contributed by atoms with van der Waals surface area (Å²) in [4.78, 5) is 21.7. The Balaban J connectivity index is 1.15. The number of carbonyl (C=O) groups excluding carboxylic acids is 1. The first-order valence-electron chi connectivity index (χ1n) is 11.8. The fourth-order valence-electron chi connectivity index (χ4n) is 5.47. The summed E-state index contributed by atoms with van der Waals surface area (Å²) in [6.45, 7) is 4.87. The molecule has 2 saturated heterocycles. The Morgan fingerprint density at radius 3 is 2.52 bits per heavy atom. The molecule has 0 radical (unpaired) electrons. The summed E-state index contributed by atoms with van der Waals surface area (Å²) in [5.41, 5.74) is 3.05.